The van der Waals surface area contributed by atoms with E-state index in [9.17, 15) is 0 Å². The van der Waals surface area contributed by atoms with E-state index in [1.165, 1.54) is 32.9 Å². The maximum Gasteiger partial charge on any atom is 0.146 e. The van der Waals surface area contributed by atoms with E-state index in [4.69, 9.17) is 4.98 Å². The molecular formula is C33H21N3. The highest BCUT2D eigenvalue weighted by Crippen LogP contribution is 2.38. The van der Waals surface area contributed by atoms with Crippen molar-refractivity contribution < 1.29 is 0 Å². The lowest BCUT2D eigenvalue weighted by molar-refractivity contribution is 1.14. The SMILES string of the molecule is c1ccc(-n2c3ccccc3c3cc4c(nc32)c2ccccc2n4-c2cccc3ccccc23)cc1. The van der Waals surface area contributed by atoms with Gasteiger partial charge in [-0.3, -0.25) is 4.57 Å². The van der Waals surface area contributed by atoms with Crippen LogP contribution in [0.3, 0.4) is 0 Å². The zero-order chi connectivity index (χ0) is 23.6. The highest BCUT2D eigenvalue weighted by atomic mass is 15.1. The fourth-order valence-electron chi connectivity index (χ4n) is 5.74. The number of aromatic nitrogens is 3. The van der Waals surface area contributed by atoms with Crippen molar-refractivity contribution in [2.24, 2.45) is 0 Å². The molecule has 3 aromatic heterocycles. The Morgan fingerprint density at radius 2 is 1.08 bits per heavy atom. The van der Waals surface area contributed by atoms with Gasteiger partial charge in [-0.2, -0.15) is 0 Å². The zero-order valence-electron chi connectivity index (χ0n) is 19.5. The molecule has 0 fully saturated rings. The summed E-state index contributed by atoms with van der Waals surface area (Å²) in [6, 6.07) is 45.2. The number of benzene rings is 5. The Kier molecular flexibility index (Phi) is 3.94. The van der Waals surface area contributed by atoms with Gasteiger partial charge in [-0.25, -0.2) is 4.98 Å². The maximum absolute atomic E-state index is 5.39. The molecule has 0 radical (unpaired) electrons. The molecular weight excluding hydrogens is 438 g/mol. The minimum atomic E-state index is 0.982. The first kappa shape index (κ1) is 19.4. The number of hydrogen-bond donors (Lipinski definition) is 0. The molecule has 0 bridgehead atoms. The highest BCUT2D eigenvalue weighted by molar-refractivity contribution is 6.16. The fraction of sp³-hybridized carbons (Fsp3) is 0. The van der Waals surface area contributed by atoms with Crippen LogP contribution in [0.25, 0.3) is 66.0 Å². The Bertz CT molecular complexity index is 2090. The lowest BCUT2D eigenvalue weighted by Gasteiger charge is -2.11. The zero-order valence-corrected chi connectivity index (χ0v) is 19.5. The average Bonchev–Trinajstić information content (AvgIpc) is 3.44. The van der Waals surface area contributed by atoms with Gasteiger partial charge in [0.25, 0.3) is 0 Å². The van der Waals surface area contributed by atoms with Crippen LogP contribution in [0, 0.1) is 0 Å². The standard InChI is InChI=1S/C33H21N3/c1-2-13-23(14-3-1)35-29-18-8-6-16-25(29)27-21-31-32(34-33(27)35)26-17-7-9-19-30(26)36(31)28-20-10-12-22-11-4-5-15-24(22)28/h1-21H. The van der Waals surface area contributed by atoms with E-state index in [0.29, 0.717) is 0 Å². The number of pyridine rings is 1. The fourth-order valence-corrected chi connectivity index (χ4v) is 5.74. The van der Waals surface area contributed by atoms with Crippen LogP contribution >= 0.6 is 0 Å². The Morgan fingerprint density at radius 3 is 1.92 bits per heavy atom. The summed E-state index contributed by atoms with van der Waals surface area (Å²) in [6.45, 7) is 0. The molecule has 0 N–H and O–H groups in total. The van der Waals surface area contributed by atoms with Gasteiger partial charge >= 0.3 is 0 Å². The Hall–Kier alpha value is -4.89. The van der Waals surface area contributed by atoms with Crippen molar-refractivity contribution in [1.82, 2.24) is 14.1 Å². The van der Waals surface area contributed by atoms with Crippen molar-refractivity contribution in [3.63, 3.8) is 0 Å². The van der Waals surface area contributed by atoms with Crippen LogP contribution in [0.5, 0.6) is 0 Å². The molecule has 0 saturated heterocycles. The molecule has 0 aliphatic rings. The molecule has 8 rings (SSSR count). The van der Waals surface area contributed by atoms with E-state index in [1.54, 1.807) is 0 Å². The number of rotatable bonds is 2. The van der Waals surface area contributed by atoms with E-state index in [2.05, 4.69) is 137 Å². The summed E-state index contributed by atoms with van der Waals surface area (Å²) in [5.41, 5.74) is 7.75. The van der Waals surface area contributed by atoms with Crippen molar-refractivity contribution in [3.05, 3.63) is 127 Å². The molecule has 8 aromatic rings. The van der Waals surface area contributed by atoms with E-state index >= 15 is 0 Å². The lowest BCUT2D eigenvalue weighted by Crippen LogP contribution is -1.97. The molecule has 3 heterocycles. The Labute approximate surface area is 207 Å². The van der Waals surface area contributed by atoms with Crippen LogP contribution < -0.4 is 0 Å². The molecule has 0 aliphatic heterocycles. The number of nitrogens with zero attached hydrogens (tertiary/aromatic N) is 3. The van der Waals surface area contributed by atoms with Gasteiger partial charge in [-0.15, -0.1) is 0 Å². The summed E-state index contributed by atoms with van der Waals surface area (Å²) in [5.74, 6) is 0. The Balaban J connectivity index is 1.58. The number of fused-ring (bicyclic) bond motifs is 7. The summed E-state index contributed by atoms with van der Waals surface area (Å²) < 4.78 is 4.67. The van der Waals surface area contributed by atoms with Crippen molar-refractivity contribution in [2.75, 3.05) is 0 Å². The molecule has 0 spiro atoms. The van der Waals surface area contributed by atoms with E-state index in [-0.39, 0.29) is 0 Å². The van der Waals surface area contributed by atoms with Gasteiger partial charge in [0.05, 0.1) is 27.8 Å². The molecule has 36 heavy (non-hydrogen) atoms. The predicted octanol–water partition coefficient (Wildman–Crippen LogP) is 8.43. The van der Waals surface area contributed by atoms with Gasteiger partial charge in [0.15, 0.2) is 0 Å². The smallest absolute Gasteiger partial charge is 0.146 e. The second-order valence-corrected chi connectivity index (χ2v) is 9.27. The van der Waals surface area contributed by atoms with Gasteiger partial charge in [-0.05, 0) is 41.8 Å². The topological polar surface area (TPSA) is 22.8 Å². The minimum Gasteiger partial charge on any atom is -0.307 e. The highest BCUT2D eigenvalue weighted by Gasteiger charge is 2.20. The third-order valence-electron chi connectivity index (χ3n) is 7.29. The summed E-state index contributed by atoms with van der Waals surface area (Å²) in [6.07, 6.45) is 0. The summed E-state index contributed by atoms with van der Waals surface area (Å²) >= 11 is 0. The quantitative estimate of drug-likeness (QED) is 0.254. The van der Waals surface area contributed by atoms with Crippen molar-refractivity contribution in [2.45, 2.75) is 0 Å². The summed E-state index contributed by atoms with van der Waals surface area (Å²) in [4.78, 5) is 5.39. The molecule has 5 aromatic carbocycles. The normalized spacial score (nSPS) is 11.9. The summed E-state index contributed by atoms with van der Waals surface area (Å²) in [7, 11) is 0. The third kappa shape index (κ3) is 2.60. The van der Waals surface area contributed by atoms with E-state index in [0.717, 1.165) is 33.1 Å². The molecule has 3 nitrogen and oxygen atoms in total. The number of para-hydroxylation sites is 3. The first-order chi connectivity index (χ1) is 17.9. The average molecular weight is 460 g/mol. The van der Waals surface area contributed by atoms with Crippen LogP contribution in [0.15, 0.2) is 127 Å². The largest absolute Gasteiger partial charge is 0.307 e. The minimum absolute atomic E-state index is 0.982. The molecule has 168 valence electrons. The van der Waals surface area contributed by atoms with Crippen LogP contribution in [-0.4, -0.2) is 14.1 Å². The summed E-state index contributed by atoms with van der Waals surface area (Å²) in [5, 5.41) is 5.99. The van der Waals surface area contributed by atoms with Crippen molar-refractivity contribution in [3.8, 4) is 11.4 Å². The monoisotopic (exact) mass is 459 g/mol. The van der Waals surface area contributed by atoms with Gasteiger partial charge in [0, 0.05) is 27.2 Å². The molecule has 0 aliphatic carbocycles. The van der Waals surface area contributed by atoms with Crippen LogP contribution in [-0.2, 0) is 0 Å². The second kappa shape index (κ2) is 7.30. The van der Waals surface area contributed by atoms with Gasteiger partial charge in [0.2, 0.25) is 0 Å². The lowest BCUT2D eigenvalue weighted by atomic mass is 10.1. The Morgan fingerprint density at radius 1 is 0.444 bits per heavy atom. The van der Waals surface area contributed by atoms with Gasteiger partial charge in [0.1, 0.15) is 5.65 Å². The van der Waals surface area contributed by atoms with Crippen molar-refractivity contribution in [1.29, 1.82) is 0 Å². The second-order valence-electron chi connectivity index (χ2n) is 9.27. The number of hydrogen-bond acceptors (Lipinski definition) is 1. The van der Waals surface area contributed by atoms with Crippen LogP contribution in [0.1, 0.15) is 0 Å². The molecule has 0 unspecified atom stereocenters. The first-order valence-electron chi connectivity index (χ1n) is 12.3. The van der Waals surface area contributed by atoms with Gasteiger partial charge < -0.3 is 4.57 Å². The molecule has 0 saturated carbocycles. The molecule has 0 amide bonds. The molecule has 3 heteroatoms. The van der Waals surface area contributed by atoms with E-state index < -0.39 is 0 Å². The predicted molar refractivity (Wildman–Crippen MR) is 150 cm³/mol. The maximum atomic E-state index is 5.39. The third-order valence-corrected chi connectivity index (χ3v) is 7.29. The van der Waals surface area contributed by atoms with Crippen molar-refractivity contribution >= 4 is 54.6 Å². The van der Waals surface area contributed by atoms with E-state index in [1.807, 2.05) is 0 Å². The van der Waals surface area contributed by atoms with Crippen LogP contribution in [0.4, 0.5) is 0 Å². The van der Waals surface area contributed by atoms with Gasteiger partial charge in [-0.1, -0.05) is 91.0 Å². The first-order valence-corrected chi connectivity index (χ1v) is 12.3. The molecule has 0 atom stereocenters. The van der Waals surface area contributed by atoms with Crippen LogP contribution in [0.2, 0.25) is 0 Å².